The summed E-state index contributed by atoms with van der Waals surface area (Å²) in [6.07, 6.45) is 6.63. The van der Waals surface area contributed by atoms with E-state index in [0.717, 1.165) is 5.69 Å². The van der Waals surface area contributed by atoms with Crippen molar-refractivity contribution in [3.8, 4) is 0 Å². The van der Waals surface area contributed by atoms with Gasteiger partial charge in [-0.25, -0.2) is 18.1 Å². The highest BCUT2D eigenvalue weighted by Crippen LogP contribution is 2.18. The molecule has 2 aromatic rings. The molecule has 0 aliphatic carbocycles. The van der Waals surface area contributed by atoms with Gasteiger partial charge in [0.05, 0.1) is 12.0 Å². The molecule has 0 aliphatic heterocycles. The maximum atomic E-state index is 12.1. The predicted octanol–water partition coefficient (Wildman–Crippen LogP) is 0.367. The highest BCUT2D eigenvalue weighted by molar-refractivity contribution is 7.89. The molecule has 8 heteroatoms. The Hall–Kier alpha value is -1.93. The molecule has 0 aliphatic rings. The van der Waals surface area contributed by atoms with Crippen LogP contribution >= 0.6 is 0 Å². The number of nitrogens with zero attached hydrogens (tertiary/aromatic N) is 2. The van der Waals surface area contributed by atoms with Gasteiger partial charge in [-0.1, -0.05) is 0 Å². The van der Waals surface area contributed by atoms with E-state index in [2.05, 4.69) is 25.0 Å². The molecule has 3 N–H and O–H groups in total. The minimum absolute atomic E-state index is 0.141. The Morgan fingerprint density at radius 1 is 1.32 bits per heavy atom. The second-order valence-corrected chi connectivity index (χ2v) is 5.58. The molecule has 2 aromatic heterocycles. The van der Waals surface area contributed by atoms with E-state index >= 15 is 0 Å². The first kappa shape index (κ1) is 13.5. The van der Waals surface area contributed by atoms with E-state index in [1.165, 1.54) is 12.4 Å². The number of H-pyrrole nitrogens is 1. The third kappa shape index (κ3) is 3.30. The number of aromatic nitrogens is 3. The molecule has 0 saturated carbocycles. The van der Waals surface area contributed by atoms with Crippen LogP contribution in [0.4, 0.5) is 5.69 Å². The summed E-state index contributed by atoms with van der Waals surface area (Å²) < 4.78 is 26.8. The van der Waals surface area contributed by atoms with E-state index < -0.39 is 10.0 Å². The van der Waals surface area contributed by atoms with Crippen LogP contribution in [0.25, 0.3) is 0 Å². The van der Waals surface area contributed by atoms with Gasteiger partial charge >= 0.3 is 0 Å². The highest BCUT2D eigenvalue weighted by atomic mass is 32.2. The monoisotopic (exact) mass is 281 g/mol. The summed E-state index contributed by atoms with van der Waals surface area (Å²) in [5, 5.41) is 2.83. The lowest BCUT2D eigenvalue weighted by Crippen LogP contribution is -2.26. The summed E-state index contributed by atoms with van der Waals surface area (Å²) in [6, 6.07) is 1.61. The number of hydrogen-bond acceptors (Lipinski definition) is 5. The summed E-state index contributed by atoms with van der Waals surface area (Å²) >= 11 is 0. The Bertz CT molecular complexity index is 624. The van der Waals surface area contributed by atoms with E-state index in [9.17, 15) is 8.42 Å². The first-order valence-electron chi connectivity index (χ1n) is 5.72. The minimum atomic E-state index is -3.57. The molecular formula is C11H15N5O2S. The predicted molar refractivity (Wildman–Crippen MR) is 71.3 cm³/mol. The number of pyridine rings is 1. The van der Waals surface area contributed by atoms with Gasteiger partial charge in [0, 0.05) is 44.3 Å². The van der Waals surface area contributed by atoms with E-state index in [1.54, 1.807) is 25.6 Å². The Morgan fingerprint density at radius 2 is 2.16 bits per heavy atom. The molecule has 0 amide bonds. The summed E-state index contributed by atoms with van der Waals surface area (Å²) in [5.41, 5.74) is 1.40. The lowest BCUT2D eigenvalue weighted by Gasteiger charge is -2.10. The summed E-state index contributed by atoms with van der Waals surface area (Å²) in [7, 11) is -1.90. The number of rotatable bonds is 6. The molecule has 0 fully saturated rings. The molecule has 0 radical (unpaired) electrons. The Morgan fingerprint density at radius 3 is 2.84 bits per heavy atom. The van der Waals surface area contributed by atoms with Crippen molar-refractivity contribution in [3.63, 3.8) is 0 Å². The summed E-state index contributed by atoms with van der Waals surface area (Å²) in [6.45, 7) is 0.294. The SMILES string of the molecule is CNc1ccncc1S(=O)(=O)NCCc1cnc[nH]1. The van der Waals surface area contributed by atoms with Gasteiger partial charge in [-0.15, -0.1) is 0 Å². The van der Waals surface area contributed by atoms with Gasteiger partial charge in [0.1, 0.15) is 4.90 Å². The average Bonchev–Trinajstić information content (AvgIpc) is 2.91. The van der Waals surface area contributed by atoms with Crippen molar-refractivity contribution in [2.45, 2.75) is 11.3 Å². The van der Waals surface area contributed by atoms with Crippen molar-refractivity contribution >= 4 is 15.7 Å². The number of sulfonamides is 1. The molecule has 7 nitrogen and oxygen atoms in total. The maximum absolute atomic E-state index is 12.1. The van der Waals surface area contributed by atoms with Gasteiger partial charge in [-0.2, -0.15) is 0 Å². The standard InChI is InChI=1S/C11H15N5O2S/c1-12-10-3-4-13-7-11(10)19(17,18)16-5-2-9-6-14-8-15-9/h3-4,6-8,16H,2,5H2,1H3,(H,12,13)(H,14,15). The van der Waals surface area contributed by atoms with Crippen LogP contribution in [0.5, 0.6) is 0 Å². The summed E-state index contributed by atoms with van der Waals surface area (Å²) in [5.74, 6) is 0. The molecule has 0 atom stereocenters. The smallest absolute Gasteiger partial charge is 0.244 e. The van der Waals surface area contributed by atoms with Crippen LogP contribution < -0.4 is 10.0 Å². The fourth-order valence-corrected chi connectivity index (χ4v) is 2.81. The van der Waals surface area contributed by atoms with Gasteiger partial charge in [0.2, 0.25) is 10.0 Å². The summed E-state index contributed by atoms with van der Waals surface area (Å²) in [4.78, 5) is 10.8. The van der Waals surface area contributed by atoms with Gasteiger partial charge in [0.25, 0.3) is 0 Å². The van der Waals surface area contributed by atoms with Crippen molar-refractivity contribution in [2.75, 3.05) is 18.9 Å². The first-order chi connectivity index (χ1) is 9.13. The molecule has 0 aromatic carbocycles. The zero-order valence-electron chi connectivity index (χ0n) is 10.4. The van der Waals surface area contributed by atoms with Crippen LogP contribution in [-0.2, 0) is 16.4 Å². The zero-order valence-corrected chi connectivity index (χ0v) is 11.2. The van der Waals surface area contributed by atoms with E-state index in [4.69, 9.17) is 0 Å². The normalized spacial score (nSPS) is 11.4. The van der Waals surface area contributed by atoms with E-state index in [0.29, 0.717) is 18.7 Å². The Kier molecular flexibility index (Phi) is 4.13. The third-order valence-corrected chi connectivity index (χ3v) is 4.07. The molecule has 0 bridgehead atoms. The largest absolute Gasteiger partial charge is 0.387 e. The van der Waals surface area contributed by atoms with Gasteiger partial charge in [-0.05, 0) is 6.07 Å². The van der Waals surface area contributed by atoms with Crippen LogP contribution in [0.3, 0.4) is 0 Å². The number of nitrogens with one attached hydrogen (secondary N) is 3. The highest BCUT2D eigenvalue weighted by Gasteiger charge is 2.17. The topological polar surface area (TPSA) is 99.8 Å². The third-order valence-electron chi connectivity index (χ3n) is 2.58. The fourth-order valence-electron chi connectivity index (χ4n) is 1.62. The second-order valence-electron chi connectivity index (χ2n) is 3.85. The molecule has 0 unspecified atom stereocenters. The van der Waals surface area contributed by atoms with E-state index in [1.807, 2.05) is 0 Å². The molecule has 0 spiro atoms. The first-order valence-corrected chi connectivity index (χ1v) is 7.20. The van der Waals surface area contributed by atoms with Crippen LogP contribution in [0, 0.1) is 0 Å². The van der Waals surface area contributed by atoms with Gasteiger partial charge in [0.15, 0.2) is 0 Å². The van der Waals surface area contributed by atoms with Crippen molar-refractivity contribution in [1.82, 2.24) is 19.7 Å². The number of anilines is 1. The average molecular weight is 281 g/mol. The van der Waals surface area contributed by atoms with Crippen LogP contribution in [0.2, 0.25) is 0 Å². The maximum Gasteiger partial charge on any atom is 0.244 e. The molecule has 0 saturated heterocycles. The van der Waals surface area contributed by atoms with Crippen molar-refractivity contribution < 1.29 is 8.42 Å². The van der Waals surface area contributed by atoms with Gasteiger partial charge in [-0.3, -0.25) is 4.98 Å². The van der Waals surface area contributed by atoms with Crippen molar-refractivity contribution in [1.29, 1.82) is 0 Å². The lowest BCUT2D eigenvalue weighted by atomic mass is 10.3. The quantitative estimate of drug-likeness (QED) is 0.710. The van der Waals surface area contributed by atoms with Crippen molar-refractivity contribution in [2.24, 2.45) is 0 Å². The van der Waals surface area contributed by atoms with Crippen LogP contribution in [-0.4, -0.2) is 37.0 Å². The Balaban J connectivity index is 2.05. The van der Waals surface area contributed by atoms with Gasteiger partial charge < -0.3 is 10.3 Å². The molecule has 19 heavy (non-hydrogen) atoms. The molecule has 2 heterocycles. The Labute approximate surface area is 111 Å². The lowest BCUT2D eigenvalue weighted by molar-refractivity contribution is 0.581. The fraction of sp³-hybridized carbons (Fsp3) is 0.273. The number of aromatic amines is 1. The molecule has 2 rings (SSSR count). The zero-order chi connectivity index (χ0) is 13.7. The molecule has 102 valence electrons. The number of imidazole rings is 1. The van der Waals surface area contributed by atoms with E-state index in [-0.39, 0.29) is 4.90 Å². The second kappa shape index (κ2) is 5.81. The number of hydrogen-bond donors (Lipinski definition) is 3. The minimum Gasteiger partial charge on any atom is -0.387 e. The van der Waals surface area contributed by atoms with Crippen LogP contribution in [0.1, 0.15) is 5.69 Å². The molecular weight excluding hydrogens is 266 g/mol. The van der Waals surface area contributed by atoms with Crippen LogP contribution in [0.15, 0.2) is 35.9 Å². The van der Waals surface area contributed by atoms with Crippen molar-refractivity contribution in [3.05, 3.63) is 36.7 Å².